The van der Waals surface area contributed by atoms with Crippen LogP contribution in [-0.4, -0.2) is 8.42 Å². The summed E-state index contributed by atoms with van der Waals surface area (Å²) in [5.41, 5.74) is 1.56. The average molecular weight is 253 g/mol. The summed E-state index contributed by atoms with van der Waals surface area (Å²) in [4.78, 5) is 1.31. The molecule has 0 aliphatic heterocycles. The zero-order valence-corrected chi connectivity index (χ0v) is 10.3. The van der Waals surface area contributed by atoms with Crippen molar-refractivity contribution in [1.82, 2.24) is 0 Å². The Morgan fingerprint density at radius 1 is 1.25 bits per heavy atom. The molecular weight excluding hydrogens is 242 g/mol. The third-order valence-corrected chi connectivity index (χ3v) is 4.07. The number of primary sulfonamides is 1. The van der Waals surface area contributed by atoms with Gasteiger partial charge in [0, 0.05) is 10.4 Å². The van der Waals surface area contributed by atoms with Crippen LogP contribution in [0.1, 0.15) is 4.88 Å². The third kappa shape index (κ3) is 2.16. The molecule has 1 aromatic heterocycles. The minimum Gasteiger partial charge on any atom is -0.225 e. The minimum atomic E-state index is -3.67. The van der Waals surface area contributed by atoms with Gasteiger partial charge in [-0.3, -0.25) is 0 Å². The molecule has 0 fully saturated rings. The van der Waals surface area contributed by atoms with Gasteiger partial charge in [0.1, 0.15) is 0 Å². The lowest BCUT2D eigenvalue weighted by molar-refractivity contribution is 0.598. The summed E-state index contributed by atoms with van der Waals surface area (Å²) in [6, 6.07) is 8.72. The van der Waals surface area contributed by atoms with E-state index < -0.39 is 10.0 Å². The molecule has 0 saturated heterocycles. The van der Waals surface area contributed by atoms with Crippen molar-refractivity contribution in [2.24, 2.45) is 5.14 Å². The second kappa shape index (κ2) is 4.01. The SMILES string of the molecule is Cc1cc(-c2ccccc2S(N)(=O)=O)cs1. The van der Waals surface area contributed by atoms with Crippen LogP contribution >= 0.6 is 11.3 Å². The van der Waals surface area contributed by atoms with Crippen LogP contribution in [0.15, 0.2) is 40.6 Å². The van der Waals surface area contributed by atoms with Gasteiger partial charge in [-0.2, -0.15) is 0 Å². The fourth-order valence-corrected chi connectivity index (χ4v) is 3.00. The summed E-state index contributed by atoms with van der Waals surface area (Å²) >= 11 is 1.58. The Balaban J connectivity index is 2.66. The van der Waals surface area contributed by atoms with Crippen LogP contribution in [-0.2, 0) is 10.0 Å². The Morgan fingerprint density at radius 3 is 2.50 bits per heavy atom. The van der Waals surface area contributed by atoms with E-state index in [9.17, 15) is 8.42 Å². The third-order valence-electron chi connectivity index (χ3n) is 2.24. The molecule has 0 aliphatic rings. The van der Waals surface area contributed by atoms with Gasteiger partial charge in [0.2, 0.25) is 10.0 Å². The highest BCUT2D eigenvalue weighted by molar-refractivity contribution is 7.89. The van der Waals surface area contributed by atoms with E-state index >= 15 is 0 Å². The molecule has 0 aliphatic carbocycles. The summed E-state index contributed by atoms with van der Waals surface area (Å²) in [6.45, 7) is 1.98. The second-order valence-electron chi connectivity index (χ2n) is 3.49. The summed E-state index contributed by atoms with van der Waals surface area (Å²) in [7, 11) is -3.67. The Bertz CT molecular complexity index is 614. The fourth-order valence-electron chi connectivity index (χ4n) is 1.54. The van der Waals surface area contributed by atoms with Crippen molar-refractivity contribution in [1.29, 1.82) is 0 Å². The number of hydrogen-bond acceptors (Lipinski definition) is 3. The topological polar surface area (TPSA) is 60.2 Å². The Hall–Kier alpha value is -1.17. The van der Waals surface area contributed by atoms with Crippen LogP contribution in [0.25, 0.3) is 11.1 Å². The van der Waals surface area contributed by atoms with Crippen molar-refractivity contribution in [3.63, 3.8) is 0 Å². The van der Waals surface area contributed by atoms with Crippen molar-refractivity contribution in [3.8, 4) is 11.1 Å². The van der Waals surface area contributed by atoms with Gasteiger partial charge < -0.3 is 0 Å². The maximum Gasteiger partial charge on any atom is 0.238 e. The second-order valence-corrected chi connectivity index (χ2v) is 6.13. The maximum atomic E-state index is 11.4. The molecule has 2 aromatic rings. The number of hydrogen-bond donors (Lipinski definition) is 1. The minimum absolute atomic E-state index is 0.174. The highest BCUT2D eigenvalue weighted by Crippen LogP contribution is 2.29. The smallest absolute Gasteiger partial charge is 0.225 e. The first-order valence-electron chi connectivity index (χ1n) is 4.66. The first kappa shape index (κ1) is 11.3. The van der Waals surface area contributed by atoms with Crippen LogP contribution in [0, 0.1) is 6.92 Å². The van der Waals surface area contributed by atoms with Gasteiger partial charge >= 0.3 is 0 Å². The number of aryl methyl sites for hydroxylation is 1. The molecule has 0 amide bonds. The first-order chi connectivity index (χ1) is 7.48. The normalized spacial score (nSPS) is 11.6. The summed E-state index contributed by atoms with van der Waals surface area (Å²) < 4.78 is 22.8. The van der Waals surface area contributed by atoms with Gasteiger partial charge in [-0.25, -0.2) is 13.6 Å². The molecule has 0 atom stereocenters. The van der Waals surface area contributed by atoms with Crippen molar-refractivity contribution in [2.45, 2.75) is 11.8 Å². The summed E-state index contributed by atoms with van der Waals surface area (Å²) in [5.74, 6) is 0. The average Bonchev–Trinajstić information content (AvgIpc) is 2.64. The number of nitrogens with two attached hydrogens (primary N) is 1. The maximum absolute atomic E-state index is 11.4. The van der Waals surface area contributed by atoms with Crippen LogP contribution in [0.2, 0.25) is 0 Å². The lowest BCUT2D eigenvalue weighted by atomic mass is 10.1. The highest BCUT2D eigenvalue weighted by atomic mass is 32.2. The number of sulfonamides is 1. The predicted molar refractivity (Wildman–Crippen MR) is 65.9 cm³/mol. The zero-order chi connectivity index (χ0) is 11.8. The van der Waals surface area contributed by atoms with Gasteiger partial charge in [0.05, 0.1) is 4.90 Å². The number of benzene rings is 1. The molecular formula is C11H11NO2S2. The molecule has 3 nitrogen and oxygen atoms in total. The molecule has 1 heterocycles. The molecule has 16 heavy (non-hydrogen) atoms. The molecule has 0 spiro atoms. The van der Waals surface area contributed by atoms with E-state index in [-0.39, 0.29) is 4.90 Å². The quantitative estimate of drug-likeness (QED) is 0.893. The van der Waals surface area contributed by atoms with Gasteiger partial charge in [0.15, 0.2) is 0 Å². The monoisotopic (exact) mass is 253 g/mol. The van der Waals surface area contributed by atoms with Crippen molar-refractivity contribution >= 4 is 21.4 Å². The standard InChI is InChI=1S/C11H11NO2S2/c1-8-6-9(7-15-8)10-4-2-3-5-11(10)16(12,13)14/h2-7H,1H3,(H2,12,13,14). The van der Waals surface area contributed by atoms with E-state index in [1.54, 1.807) is 29.5 Å². The summed E-state index contributed by atoms with van der Waals surface area (Å²) in [6.07, 6.45) is 0. The molecule has 5 heteroatoms. The Labute approximate surface area is 98.6 Å². The lowest BCUT2D eigenvalue weighted by Gasteiger charge is -2.05. The predicted octanol–water partition coefficient (Wildman–Crippen LogP) is 2.37. The highest BCUT2D eigenvalue weighted by Gasteiger charge is 2.14. The van der Waals surface area contributed by atoms with Crippen molar-refractivity contribution in [2.75, 3.05) is 0 Å². The number of thiophene rings is 1. The fraction of sp³-hybridized carbons (Fsp3) is 0.0909. The molecule has 1 aromatic carbocycles. The van der Waals surface area contributed by atoms with E-state index in [1.165, 1.54) is 6.07 Å². The van der Waals surface area contributed by atoms with Crippen LogP contribution < -0.4 is 5.14 Å². The molecule has 84 valence electrons. The van der Waals surface area contributed by atoms with Crippen molar-refractivity contribution in [3.05, 3.63) is 40.6 Å². The van der Waals surface area contributed by atoms with Gasteiger partial charge in [-0.15, -0.1) is 11.3 Å². The molecule has 0 radical (unpaired) electrons. The van der Waals surface area contributed by atoms with Gasteiger partial charge in [-0.1, -0.05) is 18.2 Å². The largest absolute Gasteiger partial charge is 0.238 e. The zero-order valence-electron chi connectivity index (χ0n) is 8.67. The van der Waals surface area contributed by atoms with E-state index in [2.05, 4.69) is 0 Å². The number of rotatable bonds is 2. The Kier molecular flexibility index (Phi) is 2.84. The summed E-state index contributed by atoms with van der Waals surface area (Å²) in [5, 5.41) is 7.11. The first-order valence-corrected chi connectivity index (χ1v) is 7.08. The van der Waals surface area contributed by atoms with Crippen molar-refractivity contribution < 1.29 is 8.42 Å². The van der Waals surface area contributed by atoms with Crippen LogP contribution in [0.5, 0.6) is 0 Å². The van der Waals surface area contributed by atoms with E-state index in [4.69, 9.17) is 5.14 Å². The van der Waals surface area contributed by atoms with Crippen LogP contribution in [0.3, 0.4) is 0 Å². The van der Waals surface area contributed by atoms with Gasteiger partial charge in [-0.05, 0) is 30.0 Å². The van der Waals surface area contributed by atoms with E-state index in [0.717, 1.165) is 10.4 Å². The molecule has 0 unspecified atom stereocenters. The van der Waals surface area contributed by atoms with Crippen LogP contribution in [0.4, 0.5) is 0 Å². The Morgan fingerprint density at radius 2 is 1.94 bits per heavy atom. The molecule has 0 bridgehead atoms. The van der Waals surface area contributed by atoms with Gasteiger partial charge in [0.25, 0.3) is 0 Å². The molecule has 2 N–H and O–H groups in total. The lowest BCUT2D eigenvalue weighted by Crippen LogP contribution is -2.13. The van der Waals surface area contributed by atoms with E-state index in [0.29, 0.717) is 5.56 Å². The molecule has 2 rings (SSSR count). The van der Waals surface area contributed by atoms with E-state index in [1.807, 2.05) is 18.4 Å². The molecule has 0 saturated carbocycles.